The van der Waals surface area contributed by atoms with Gasteiger partial charge in [0.2, 0.25) is 0 Å². The van der Waals surface area contributed by atoms with Gasteiger partial charge in [0, 0.05) is 28.2 Å². The van der Waals surface area contributed by atoms with Crippen molar-refractivity contribution in [3.8, 4) is 17.1 Å². The zero-order chi connectivity index (χ0) is 20.1. The number of phenols is 1. The van der Waals surface area contributed by atoms with Crippen LogP contribution in [0.3, 0.4) is 0 Å². The van der Waals surface area contributed by atoms with E-state index in [9.17, 15) is 9.90 Å². The Kier molecular flexibility index (Phi) is 6.56. The maximum atomic E-state index is 12.0. The molecule has 3 aromatic rings. The predicted octanol–water partition coefficient (Wildman–Crippen LogP) is 3.74. The number of amides is 1. The van der Waals surface area contributed by atoms with Crippen LogP contribution in [0.2, 0.25) is 10.0 Å². The van der Waals surface area contributed by atoms with E-state index in [0.29, 0.717) is 26.6 Å². The molecule has 0 aliphatic carbocycles. The third kappa shape index (κ3) is 5.03. The van der Waals surface area contributed by atoms with Gasteiger partial charge in [-0.15, -0.1) is 10.2 Å². The fourth-order valence-electron chi connectivity index (χ4n) is 2.26. The van der Waals surface area contributed by atoms with Gasteiger partial charge < -0.3 is 9.67 Å². The zero-order valence-corrected chi connectivity index (χ0v) is 17.0. The van der Waals surface area contributed by atoms with Crippen LogP contribution in [0.15, 0.2) is 52.7 Å². The Morgan fingerprint density at radius 2 is 1.93 bits per heavy atom. The molecular weight excluding hydrogens is 421 g/mol. The van der Waals surface area contributed by atoms with E-state index in [0.717, 1.165) is 5.56 Å². The standard InChI is InChI=1S/C18H15Cl2N5O2S/c1-25-17(11-2-4-13(19)5-3-11)23-24-18(25)28-10-16(27)22-21-9-12-8-14(20)6-7-15(12)26/h2-9,26H,10H2,1H3,(H,22,27)/b21-9+. The lowest BCUT2D eigenvalue weighted by molar-refractivity contribution is -0.118. The molecule has 0 unspecified atom stereocenters. The lowest BCUT2D eigenvalue weighted by Gasteiger charge is -2.04. The van der Waals surface area contributed by atoms with Crippen LogP contribution in [0.25, 0.3) is 11.4 Å². The van der Waals surface area contributed by atoms with Crippen LogP contribution in [0.4, 0.5) is 0 Å². The molecular formula is C18H15Cl2N5O2S. The summed E-state index contributed by atoms with van der Waals surface area (Å²) in [5.74, 6) is 0.476. The number of hydrogen-bond donors (Lipinski definition) is 2. The summed E-state index contributed by atoms with van der Waals surface area (Å²) in [7, 11) is 1.82. The molecule has 1 amide bonds. The minimum atomic E-state index is -0.321. The van der Waals surface area contributed by atoms with Crippen molar-refractivity contribution < 1.29 is 9.90 Å². The van der Waals surface area contributed by atoms with Crippen molar-refractivity contribution >= 4 is 47.1 Å². The van der Waals surface area contributed by atoms with E-state index in [-0.39, 0.29) is 17.4 Å². The van der Waals surface area contributed by atoms with Gasteiger partial charge in [-0.25, -0.2) is 5.43 Å². The van der Waals surface area contributed by atoms with Gasteiger partial charge in [0.15, 0.2) is 11.0 Å². The van der Waals surface area contributed by atoms with Crippen molar-refractivity contribution in [3.05, 3.63) is 58.1 Å². The van der Waals surface area contributed by atoms with Gasteiger partial charge in [0.1, 0.15) is 5.75 Å². The number of nitrogens with zero attached hydrogens (tertiary/aromatic N) is 4. The molecule has 0 fully saturated rings. The van der Waals surface area contributed by atoms with E-state index in [1.807, 2.05) is 19.2 Å². The first kappa shape index (κ1) is 20.2. The van der Waals surface area contributed by atoms with Crippen molar-refractivity contribution in [2.45, 2.75) is 5.16 Å². The number of thioether (sulfide) groups is 1. The number of aromatic nitrogens is 3. The fraction of sp³-hybridized carbons (Fsp3) is 0.111. The normalized spacial score (nSPS) is 11.1. The van der Waals surface area contributed by atoms with Gasteiger partial charge in [0.05, 0.1) is 12.0 Å². The summed E-state index contributed by atoms with van der Waals surface area (Å²) in [5.41, 5.74) is 3.68. The Morgan fingerprint density at radius 3 is 2.68 bits per heavy atom. The topological polar surface area (TPSA) is 92.4 Å². The Labute approximate surface area is 175 Å². The number of halogens is 2. The first-order valence-corrected chi connectivity index (χ1v) is 9.77. The first-order valence-electron chi connectivity index (χ1n) is 8.02. The number of benzene rings is 2. The SMILES string of the molecule is Cn1c(SCC(=O)N/N=C/c2cc(Cl)ccc2O)nnc1-c1ccc(Cl)cc1. The van der Waals surface area contributed by atoms with E-state index >= 15 is 0 Å². The second-order valence-corrected chi connectivity index (χ2v) is 7.47. The Morgan fingerprint density at radius 1 is 1.21 bits per heavy atom. The van der Waals surface area contributed by atoms with Gasteiger partial charge in [-0.05, 0) is 42.5 Å². The molecule has 0 saturated carbocycles. The molecule has 0 saturated heterocycles. The van der Waals surface area contributed by atoms with Crippen LogP contribution in [0.5, 0.6) is 5.75 Å². The Bertz CT molecular complexity index is 1020. The zero-order valence-electron chi connectivity index (χ0n) is 14.6. The maximum Gasteiger partial charge on any atom is 0.250 e. The Hall–Kier alpha value is -2.55. The molecule has 0 bridgehead atoms. The van der Waals surface area contributed by atoms with Gasteiger partial charge >= 0.3 is 0 Å². The van der Waals surface area contributed by atoms with Crippen molar-refractivity contribution in [3.63, 3.8) is 0 Å². The number of carbonyl (C=O) groups excluding carboxylic acids is 1. The van der Waals surface area contributed by atoms with Crippen LogP contribution < -0.4 is 5.43 Å². The molecule has 3 rings (SSSR count). The average Bonchev–Trinajstić information content (AvgIpc) is 3.04. The van der Waals surface area contributed by atoms with Gasteiger partial charge in [-0.2, -0.15) is 5.10 Å². The molecule has 0 aliphatic rings. The van der Waals surface area contributed by atoms with Crippen LogP contribution in [-0.4, -0.2) is 37.7 Å². The minimum Gasteiger partial charge on any atom is -0.507 e. The van der Waals surface area contributed by atoms with Gasteiger partial charge in [-0.3, -0.25) is 4.79 Å². The summed E-state index contributed by atoms with van der Waals surface area (Å²) in [6.07, 6.45) is 1.32. The van der Waals surface area contributed by atoms with Crippen LogP contribution in [-0.2, 0) is 11.8 Å². The van der Waals surface area contributed by atoms with Crippen LogP contribution in [0.1, 0.15) is 5.56 Å². The predicted molar refractivity (Wildman–Crippen MR) is 111 cm³/mol. The van der Waals surface area contributed by atoms with E-state index in [1.54, 1.807) is 28.8 Å². The lowest BCUT2D eigenvalue weighted by Crippen LogP contribution is -2.19. The summed E-state index contributed by atoms with van der Waals surface area (Å²) in [5, 5.41) is 23.5. The molecule has 0 spiro atoms. The highest BCUT2D eigenvalue weighted by Gasteiger charge is 2.12. The van der Waals surface area contributed by atoms with Crippen molar-refractivity contribution in [2.24, 2.45) is 12.1 Å². The fourth-order valence-corrected chi connectivity index (χ4v) is 3.27. The molecule has 28 heavy (non-hydrogen) atoms. The highest BCUT2D eigenvalue weighted by Crippen LogP contribution is 2.24. The number of hydrazone groups is 1. The summed E-state index contributed by atoms with van der Waals surface area (Å²) < 4.78 is 1.80. The largest absolute Gasteiger partial charge is 0.507 e. The molecule has 2 aromatic carbocycles. The average molecular weight is 436 g/mol. The highest BCUT2D eigenvalue weighted by atomic mass is 35.5. The van der Waals surface area contributed by atoms with E-state index < -0.39 is 0 Å². The number of carbonyl (C=O) groups is 1. The summed E-state index contributed by atoms with van der Waals surface area (Å²) >= 11 is 13.0. The molecule has 7 nitrogen and oxygen atoms in total. The quantitative estimate of drug-likeness (QED) is 0.349. The monoisotopic (exact) mass is 435 g/mol. The number of rotatable bonds is 6. The second kappa shape index (κ2) is 9.09. The molecule has 10 heteroatoms. The van der Waals surface area contributed by atoms with Crippen LogP contribution in [0, 0.1) is 0 Å². The molecule has 2 N–H and O–H groups in total. The van der Waals surface area contributed by atoms with Gasteiger partial charge in [-0.1, -0.05) is 35.0 Å². The minimum absolute atomic E-state index is 0.0191. The lowest BCUT2D eigenvalue weighted by atomic mass is 10.2. The van der Waals surface area contributed by atoms with E-state index in [1.165, 1.54) is 24.0 Å². The molecule has 0 atom stereocenters. The van der Waals surface area contributed by atoms with E-state index in [2.05, 4.69) is 20.7 Å². The molecule has 0 radical (unpaired) electrons. The van der Waals surface area contributed by atoms with Gasteiger partial charge in [0.25, 0.3) is 5.91 Å². The third-order valence-corrected chi connectivity index (χ3v) is 5.16. The highest BCUT2D eigenvalue weighted by molar-refractivity contribution is 7.99. The van der Waals surface area contributed by atoms with Crippen molar-refractivity contribution in [1.82, 2.24) is 20.2 Å². The number of hydrogen-bond acceptors (Lipinski definition) is 6. The molecule has 1 heterocycles. The third-order valence-electron chi connectivity index (χ3n) is 3.65. The van der Waals surface area contributed by atoms with E-state index in [4.69, 9.17) is 23.2 Å². The maximum absolute atomic E-state index is 12.0. The van der Waals surface area contributed by atoms with Crippen molar-refractivity contribution in [1.29, 1.82) is 0 Å². The summed E-state index contributed by atoms with van der Waals surface area (Å²) in [4.78, 5) is 12.0. The number of aromatic hydroxyl groups is 1. The molecule has 0 aliphatic heterocycles. The van der Waals surface area contributed by atoms with Crippen molar-refractivity contribution in [2.75, 3.05) is 5.75 Å². The first-order chi connectivity index (χ1) is 13.4. The summed E-state index contributed by atoms with van der Waals surface area (Å²) in [6, 6.07) is 11.8. The summed E-state index contributed by atoms with van der Waals surface area (Å²) in [6.45, 7) is 0. The number of nitrogens with one attached hydrogen (secondary N) is 1. The Balaban J connectivity index is 1.57. The second-order valence-electron chi connectivity index (χ2n) is 5.66. The van der Waals surface area contributed by atoms with Crippen LogP contribution >= 0.6 is 35.0 Å². The molecule has 144 valence electrons. The smallest absolute Gasteiger partial charge is 0.250 e. The number of phenolic OH excluding ortho intramolecular Hbond substituents is 1. The molecule has 1 aromatic heterocycles.